The topological polar surface area (TPSA) is 67.2 Å². The number of aryl methyl sites for hydroxylation is 1. The molecule has 1 aromatic heterocycles. The van der Waals surface area contributed by atoms with Crippen molar-refractivity contribution >= 4 is 23.4 Å². The van der Waals surface area contributed by atoms with Gasteiger partial charge in [-0.1, -0.05) is 36.0 Å². The molecule has 122 valence electrons. The number of phenols is 1. The Kier molecular flexibility index (Phi) is 4.86. The van der Waals surface area contributed by atoms with Gasteiger partial charge in [-0.25, -0.2) is 4.98 Å². The molecule has 1 heterocycles. The first-order chi connectivity index (χ1) is 11.6. The van der Waals surface area contributed by atoms with Crippen molar-refractivity contribution in [2.75, 3.05) is 11.1 Å². The minimum atomic E-state index is -0.148. The van der Waals surface area contributed by atoms with Crippen LogP contribution >= 0.6 is 11.8 Å². The van der Waals surface area contributed by atoms with Crippen LogP contribution in [-0.4, -0.2) is 26.3 Å². The molecular weight excluding hydrogens is 322 g/mol. The molecule has 3 rings (SSSR count). The zero-order chi connectivity index (χ0) is 16.9. The molecule has 0 aliphatic heterocycles. The van der Waals surface area contributed by atoms with Gasteiger partial charge in [0.25, 0.3) is 0 Å². The summed E-state index contributed by atoms with van der Waals surface area (Å²) in [5.41, 5.74) is 2.76. The van der Waals surface area contributed by atoms with Crippen LogP contribution in [-0.2, 0) is 4.79 Å². The van der Waals surface area contributed by atoms with Gasteiger partial charge in [-0.05, 0) is 30.7 Å². The molecule has 2 N–H and O–H groups in total. The minimum absolute atomic E-state index is 0.121. The Morgan fingerprint density at radius 2 is 2.08 bits per heavy atom. The summed E-state index contributed by atoms with van der Waals surface area (Å²) in [4.78, 5) is 16.4. The molecular formula is C18H17N3O2S. The first-order valence-corrected chi connectivity index (χ1v) is 8.43. The van der Waals surface area contributed by atoms with E-state index < -0.39 is 0 Å². The van der Waals surface area contributed by atoms with Crippen LogP contribution in [0.4, 0.5) is 5.69 Å². The molecule has 0 aliphatic carbocycles. The summed E-state index contributed by atoms with van der Waals surface area (Å²) in [6.07, 6.45) is 3.61. The highest BCUT2D eigenvalue weighted by molar-refractivity contribution is 7.99. The molecule has 0 radical (unpaired) electrons. The van der Waals surface area contributed by atoms with Crippen LogP contribution < -0.4 is 5.32 Å². The largest absolute Gasteiger partial charge is 0.508 e. The van der Waals surface area contributed by atoms with Gasteiger partial charge in [0.05, 0.1) is 11.4 Å². The van der Waals surface area contributed by atoms with Gasteiger partial charge in [0.15, 0.2) is 5.16 Å². The summed E-state index contributed by atoms with van der Waals surface area (Å²) in [6, 6.07) is 14.5. The van der Waals surface area contributed by atoms with Gasteiger partial charge in [0, 0.05) is 24.1 Å². The molecule has 0 saturated heterocycles. The van der Waals surface area contributed by atoms with Gasteiger partial charge in [0.1, 0.15) is 5.75 Å². The number of carbonyl (C=O) groups is 1. The molecule has 0 saturated carbocycles. The molecule has 24 heavy (non-hydrogen) atoms. The van der Waals surface area contributed by atoms with E-state index in [-0.39, 0.29) is 17.4 Å². The summed E-state index contributed by atoms with van der Waals surface area (Å²) in [6.45, 7) is 2.04. The molecule has 2 aromatic carbocycles. The van der Waals surface area contributed by atoms with Crippen molar-refractivity contribution in [3.8, 4) is 11.4 Å². The van der Waals surface area contributed by atoms with E-state index in [9.17, 15) is 9.90 Å². The highest BCUT2D eigenvalue weighted by atomic mass is 32.2. The second-order valence-corrected chi connectivity index (χ2v) is 6.20. The zero-order valence-corrected chi connectivity index (χ0v) is 14.0. The van der Waals surface area contributed by atoms with Gasteiger partial charge < -0.3 is 10.4 Å². The maximum absolute atomic E-state index is 12.1. The second-order valence-electron chi connectivity index (χ2n) is 5.25. The third-order valence-corrected chi connectivity index (χ3v) is 4.41. The Morgan fingerprint density at radius 1 is 1.25 bits per heavy atom. The molecule has 6 heteroatoms. The first-order valence-electron chi connectivity index (χ1n) is 7.44. The maximum atomic E-state index is 12.1. The standard InChI is InChI=1S/C18H17N3O2S/c1-13-5-2-3-8-16(13)21-10-9-19-18(21)24-12-17(23)20-14-6-4-7-15(22)11-14/h2-11,22H,12H2,1H3,(H,20,23). The number of nitrogens with one attached hydrogen (secondary N) is 1. The summed E-state index contributed by atoms with van der Waals surface area (Å²) < 4.78 is 1.97. The number of rotatable bonds is 5. The van der Waals surface area contributed by atoms with Gasteiger partial charge in [0.2, 0.25) is 5.91 Å². The SMILES string of the molecule is Cc1ccccc1-n1ccnc1SCC(=O)Nc1cccc(O)c1. The number of benzene rings is 2. The number of carbonyl (C=O) groups excluding carboxylic acids is 1. The van der Waals surface area contributed by atoms with E-state index in [1.807, 2.05) is 42.0 Å². The van der Waals surface area contributed by atoms with E-state index in [0.29, 0.717) is 5.69 Å². The summed E-state index contributed by atoms with van der Waals surface area (Å²) in [5.74, 6) is 0.207. The monoisotopic (exact) mass is 339 g/mol. The molecule has 3 aromatic rings. The lowest BCUT2D eigenvalue weighted by molar-refractivity contribution is -0.113. The second kappa shape index (κ2) is 7.23. The zero-order valence-electron chi connectivity index (χ0n) is 13.1. The van der Waals surface area contributed by atoms with E-state index in [2.05, 4.69) is 10.3 Å². The predicted octanol–water partition coefficient (Wildman–Crippen LogP) is 3.62. The van der Waals surface area contributed by atoms with Gasteiger partial charge in [-0.15, -0.1) is 0 Å². The smallest absolute Gasteiger partial charge is 0.234 e. The van der Waals surface area contributed by atoms with E-state index in [1.165, 1.54) is 17.8 Å². The molecule has 1 amide bonds. The Balaban J connectivity index is 1.67. The van der Waals surface area contributed by atoms with Crippen molar-refractivity contribution in [1.29, 1.82) is 0 Å². The molecule has 0 atom stereocenters. The fraction of sp³-hybridized carbons (Fsp3) is 0.111. The lowest BCUT2D eigenvalue weighted by atomic mass is 10.2. The molecule has 5 nitrogen and oxygen atoms in total. The number of amides is 1. The lowest BCUT2D eigenvalue weighted by Crippen LogP contribution is -2.14. The number of thioether (sulfide) groups is 1. The quantitative estimate of drug-likeness (QED) is 0.697. The summed E-state index contributed by atoms with van der Waals surface area (Å²) in [5, 5.41) is 12.9. The highest BCUT2D eigenvalue weighted by Crippen LogP contribution is 2.23. The van der Waals surface area contributed by atoms with Crippen LogP contribution in [0.3, 0.4) is 0 Å². The van der Waals surface area contributed by atoms with E-state index in [0.717, 1.165) is 16.4 Å². The number of aromatic hydroxyl groups is 1. The van der Waals surface area contributed by atoms with Crippen LogP contribution in [0.2, 0.25) is 0 Å². The van der Waals surface area contributed by atoms with Crippen LogP contribution in [0, 0.1) is 6.92 Å². The minimum Gasteiger partial charge on any atom is -0.508 e. The van der Waals surface area contributed by atoms with Crippen molar-refractivity contribution in [3.63, 3.8) is 0 Å². The Labute approximate surface area is 144 Å². The molecule has 0 fully saturated rings. The third kappa shape index (κ3) is 3.78. The van der Waals surface area contributed by atoms with Crippen molar-refractivity contribution in [1.82, 2.24) is 9.55 Å². The van der Waals surface area contributed by atoms with Crippen molar-refractivity contribution in [2.24, 2.45) is 0 Å². The van der Waals surface area contributed by atoms with E-state index in [1.54, 1.807) is 24.4 Å². The first kappa shape index (κ1) is 16.1. The normalized spacial score (nSPS) is 10.5. The van der Waals surface area contributed by atoms with Crippen LogP contribution in [0.5, 0.6) is 5.75 Å². The number of hydrogen-bond donors (Lipinski definition) is 2. The number of hydrogen-bond acceptors (Lipinski definition) is 4. The molecule has 0 spiro atoms. The summed E-state index contributed by atoms with van der Waals surface area (Å²) >= 11 is 1.37. The maximum Gasteiger partial charge on any atom is 0.234 e. The fourth-order valence-corrected chi connectivity index (χ4v) is 3.09. The number of imidazole rings is 1. The number of para-hydroxylation sites is 1. The van der Waals surface area contributed by atoms with Crippen molar-refractivity contribution < 1.29 is 9.90 Å². The Hall–Kier alpha value is -2.73. The average molecular weight is 339 g/mol. The number of anilines is 1. The third-order valence-electron chi connectivity index (χ3n) is 3.44. The number of phenolic OH excluding ortho intramolecular Hbond substituents is 1. The highest BCUT2D eigenvalue weighted by Gasteiger charge is 2.10. The molecule has 0 bridgehead atoms. The summed E-state index contributed by atoms with van der Waals surface area (Å²) in [7, 11) is 0. The van der Waals surface area contributed by atoms with E-state index >= 15 is 0 Å². The van der Waals surface area contributed by atoms with Crippen LogP contribution in [0.15, 0.2) is 66.1 Å². The Morgan fingerprint density at radius 3 is 2.88 bits per heavy atom. The van der Waals surface area contributed by atoms with Crippen molar-refractivity contribution in [2.45, 2.75) is 12.1 Å². The van der Waals surface area contributed by atoms with Gasteiger partial charge >= 0.3 is 0 Å². The fourth-order valence-electron chi connectivity index (χ4n) is 2.32. The molecule has 0 aliphatic rings. The average Bonchev–Trinajstić information content (AvgIpc) is 3.02. The van der Waals surface area contributed by atoms with Crippen LogP contribution in [0.25, 0.3) is 5.69 Å². The van der Waals surface area contributed by atoms with E-state index in [4.69, 9.17) is 0 Å². The van der Waals surface area contributed by atoms with Crippen LogP contribution in [0.1, 0.15) is 5.56 Å². The number of nitrogens with zero attached hydrogens (tertiary/aromatic N) is 2. The Bertz CT molecular complexity index is 861. The van der Waals surface area contributed by atoms with Gasteiger partial charge in [-0.2, -0.15) is 0 Å². The lowest BCUT2D eigenvalue weighted by Gasteiger charge is -2.10. The van der Waals surface area contributed by atoms with Gasteiger partial charge in [-0.3, -0.25) is 9.36 Å². The van der Waals surface area contributed by atoms with Crippen molar-refractivity contribution in [3.05, 3.63) is 66.5 Å². The molecule has 0 unspecified atom stereocenters. The number of aromatic nitrogens is 2. The predicted molar refractivity (Wildman–Crippen MR) is 95.8 cm³/mol.